The Labute approximate surface area is 198 Å². The highest BCUT2D eigenvalue weighted by atomic mass is 16.6. The standard InChI is InChI=1S/C26H42O7/c1-5-6-7-8-9-11-14-22-21(18-32-19(2)27)17-24(29)23(22)15-12-10-13-16-25(26(30)31-4)33-20(3)28/h10-12,14,21-25,29H,5-9,13,15-18H2,1-4H3/b12-10-,14-11+/t21-,22-,23+,24+,25?/m0/s1. The maximum Gasteiger partial charge on any atom is 0.347 e. The first-order valence-corrected chi connectivity index (χ1v) is 12.2. The fourth-order valence-electron chi connectivity index (χ4n) is 4.38. The summed E-state index contributed by atoms with van der Waals surface area (Å²) in [6.07, 6.45) is 15.0. The van der Waals surface area contributed by atoms with Gasteiger partial charge in [-0.3, -0.25) is 9.59 Å². The van der Waals surface area contributed by atoms with Gasteiger partial charge in [-0.05, 0) is 50.4 Å². The fraction of sp³-hybridized carbons (Fsp3) is 0.731. The molecule has 0 spiro atoms. The van der Waals surface area contributed by atoms with Gasteiger partial charge in [0.05, 0.1) is 19.8 Å². The molecule has 7 nitrogen and oxygen atoms in total. The van der Waals surface area contributed by atoms with Gasteiger partial charge in [0, 0.05) is 19.8 Å². The van der Waals surface area contributed by atoms with Crippen molar-refractivity contribution in [3.05, 3.63) is 24.3 Å². The molecule has 1 unspecified atom stereocenters. The minimum atomic E-state index is -0.911. The molecule has 0 heterocycles. The minimum absolute atomic E-state index is 0.0403. The molecule has 0 radical (unpaired) electrons. The number of esters is 3. The highest BCUT2D eigenvalue weighted by Crippen LogP contribution is 2.41. The summed E-state index contributed by atoms with van der Waals surface area (Å²) in [5.41, 5.74) is 0. The van der Waals surface area contributed by atoms with E-state index in [2.05, 4.69) is 23.8 Å². The number of methoxy groups -OCH3 is 1. The van der Waals surface area contributed by atoms with Gasteiger partial charge in [0.2, 0.25) is 0 Å². The van der Waals surface area contributed by atoms with Crippen LogP contribution in [-0.2, 0) is 28.6 Å². The minimum Gasteiger partial charge on any atom is -0.466 e. The SMILES string of the molecule is CCCCCC/C=C/[C@H]1[C@H](COC(C)=O)C[C@@H](O)[C@@H]1C/C=C\CCC(OC(C)=O)C(=O)OC. The molecule has 0 amide bonds. The van der Waals surface area contributed by atoms with Gasteiger partial charge in [0.25, 0.3) is 0 Å². The van der Waals surface area contributed by atoms with E-state index < -0.39 is 24.1 Å². The predicted octanol–water partition coefficient (Wildman–Crippen LogP) is 4.52. The van der Waals surface area contributed by atoms with Crippen molar-refractivity contribution in [2.75, 3.05) is 13.7 Å². The smallest absolute Gasteiger partial charge is 0.347 e. The van der Waals surface area contributed by atoms with Crippen LogP contribution in [0.5, 0.6) is 0 Å². The third-order valence-electron chi connectivity index (χ3n) is 6.10. The van der Waals surface area contributed by atoms with Gasteiger partial charge in [-0.2, -0.15) is 0 Å². The summed E-state index contributed by atoms with van der Waals surface area (Å²) in [6.45, 7) is 5.18. The Morgan fingerprint density at radius 3 is 2.42 bits per heavy atom. The maximum atomic E-state index is 11.7. The van der Waals surface area contributed by atoms with Crippen LogP contribution in [0, 0.1) is 17.8 Å². The summed E-state index contributed by atoms with van der Waals surface area (Å²) in [5.74, 6) is -1.11. The lowest BCUT2D eigenvalue weighted by atomic mass is 9.86. The van der Waals surface area contributed by atoms with Crippen LogP contribution < -0.4 is 0 Å². The van der Waals surface area contributed by atoms with Crippen molar-refractivity contribution in [2.45, 2.75) is 90.8 Å². The molecule has 0 aliphatic heterocycles. The van der Waals surface area contributed by atoms with Gasteiger partial charge in [-0.15, -0.1) is 0 Å². The van der Waals surface area contributed by atoms with Gasteiger partial charge in [0.1, 0.15) is 0 Å². The van der Waals surface area contributed by atoms with E-state index in [1.54, 1.807) is 0 Å². The first-order valence-electron chi connectivity index (χ1n) is 12.2. The third kappa shape index (κ3) is 11.5. The average molecular weight is 467 g/mol. The summed E-state index contributed by atoms with van der Waals surface area (Å²) in [6, 6.07) is 0. The van der Waals surface area contributed by atoms with Crippen LogP contribution in [0.15, 0.2) is 24.3 Å². The van der Waals surface area contributed by atoms with E-state index in [4.69, 9.17) is 9.47 Å². The normalized spacial score (nSPS) is 23.7. The number of rotatable bonds is 15. The predicted molar refractivity (Wildman–Crippen MR) is 126 cm³/mol. The number of aliphatic hydroxyl groups excluding tert-OH is 1. The molecule has 1 N–H and O–H groups in total. The molecule has 0 saturated heterocycles. The molecule has 0 aromatic rings. The molecule has 0 bridgehead atoms. The van der Waals surface area contributed by atoms with Gasteiger partial charge in [-0.25, -0.2) is 4.79 Å². The third-order valence-corrected chi connectivity index (χ3v) is 6.10. The summed E-state index contributed by atoms with van der Waals surface area (Å²) >= 11 is 0. The highest BCUT2D eigenvalue weighted by molar-refractivity contribution is 5.78. The first kappa shape index (κ1) is 28.9. The van der Waals surface area contributed by atoms with E-state index in [9.17, 15) is 19.5 Å². The Kier molecular flexibility index (Phi) is 14.4. The summed E-state index contributed by atoms with van der Waals surface area (Å²) in [7, 11) is 1.26. The second-order valence-corrected chi connectivity index (χ2v) is 8.79. The van der Waals surface area contributed by atoms with Crippen LogP contribution in [0.4, 0.5) is 0 Å². The number of ether oxygens (including phenoxy) is 3. The molecule has 7 heteroatoms. The zero-order valence-electron chi connectivity index (χ0n) is 20.7. The first-order chi connectivity index (χ1) is 15.8. The average Bonchev–Trinajstić information content (AvgIpc) is 3.07. The molecule has 5 atom stereocenters. The summed E-state index contributed by atoms with van der Waals surface area (Å²) in [5, 5.41) is 10.7. The van der Waals surface area contributed by atoms with Crippen molar-refractivity contribution in [3.63, 3.8) is 0 Å². The van der Waals surface area contributed by atoms with Gasteiger partial charge >= 0.3 is 17.9 Å². The molecule has 1 rings (SSSR count). The molecular formula is C26H42O7. The van der Waals surface area contributed by atoms with Crippen LogP contribution in [0.2, 0.25) is 0 Å². The van der Waals surface area contributed by atoms with E-state index in [0.29, 0.717) is 32.3 Å². The molecule has 33 heavy (non-hydrogen) atoms. The summed E-state index contributed by atoms with van der Waals surface area (Å²) in [4.78, 5) is 34.2. The second-order valence-electron chi connectivity index (χ2n) is 8.79. The van der Waals surface area contributed by atoms with Gasteiger partial charge in [-0.1, -0.05) is 50.5 Å². The van der Waals surface area contributed by atoms with Crippen LogP contribution >= 0.6 is 0 Å². The molecule has 1 aliphatic carbocycles. The van der Waals surface area contributed by atoms with Gasteiger partial charge in [0.15, 0.2) is 6.10 Å². The topological polar surface area (TPSA) is 99.1 Å². The van der Waals surface area contributed by atoms with E-state index in [1.165, 1.54) is 40.2 Å². The van der Waals surface area contributed by atoms with E-state index in [1.807, 2.05) is 12.2 Å². The number of unbranched alkanes of at least 4 members (excludes halogenated alkanes) is 4. The van der Waals surface area contributed by atoms with E-state index in [-0.39, 0.29) is 23.7 Å². The summed E-state index contributed by atoms with van der Waals surface area (Å²) < 4.78 is 15.0. The van der Waals surface area contributed by atoms with Crippen molar-refractivity contribution in [1.82, 2.24) is 0 Å². The van der Waals surface area contributed by atoms with Crippen molar-refractivity contribution in [3.8, 4) is 0 Å². The Morgan fingerprint density at radius 2 is 1.79 bits per heavy atom. The van der Waals surface area contributed by atoms with Crippen LogP contribution in [0.3, 0.4) is 0 Å². The zero-order valence-corrected chi connectivity index (χ0v) is 20.7. The highest BCUT2D eigenvalue weighted by Gasteiger charge is 2.40. The quantitative estimate of drug-likeness (QED) is 0.164. The molecule has 188 valence electrons. The number of carbonyl (C=O) groups excluding carboxylic acids is 3. The molecule has 1 fully saturated rings. The lowest BCUT2D eigenvalue weighted by Gasteiger charge is -2.21. The number of carbonyl (C=O) groups is 3. The second kappa shape index (κ2) is 16.5. The number of hydrogen-bond donors (Lipinski definition) is 1. The van der Waals surface area contributed by atoms with Gasteiger partial charge < -0.3 is 19.3 Å². The maximum absolute atomic E-state index is 11.7. The molecule has 0 aromatic carbocycles. The van der Waals surface area contributed by atoms with Crippen LogP contribution in [0.25, 0.3) is 0 Å². The Hall–Kier alpha value is -2.15. The molecule has 1 aliphatic rings. The molecule has 0 aromatic heterocycles. The number of allylic oxidation sites excluding steroid dienone is 4. The lowest BCUT2D eigenvalue weighted by Crippen LogP contribution is -2.27. The van der Waals surface area contributed by atoms with Crippen LogP contribution in [-0.4, -0.2) is 48.9 Å². The van der Waals surface area contributed by atoms with Crippen molar-refractivity contribution >= 4 is 17.9 Å². The Bertz CT molecular complexity index is 655. The Morgan fingerprint density at radius 1 is 1.03 bits per heavy atom. The molecule has 1 saturated carbocycles. The zero-order chi connectivity index (χ0) is 24.6. The van der Waals surface area contributed by atoms with Crippen molar-refractivity contribution in [2.24, 2.45) is 17.8 Å². The van der Waals surface area contributed by atoms with E-state index >= 15 is 0 Å². The monoisotopic (exact) mass is 466 g/mol. The number of hydrogen-bond acceptors (Lipinski definition) is 7. The van der Waals surface area contributed by atoms with Crippen molar-refractivity contribution < 1.29 is 33.7 Å². The lowest BCUT2D eigenvalue weighted by molar-refractivity contribution is -0.165. The molecular weight excluding hydrogens is 424 g/mol. The van der Waals surface area contributed by atoms with Crippen LogP contribution in [0.1, 0.15) is 78.6 Å². The number of aliphatic hydroxyl groups is 1. The largest absolute Gasteiger partial charge is 0.466 e. The Balaban J connectivity index is 2.68. The van der Waals surface area contributed by atoms with E-state index in [0.717, 1.165) is 12.8 Å². The van der Waals surface area contributed by atoms with Crippen molar-refractivity contribution in [1.29, 1.82) is 0 Å². The fourth-order valence-corrected chi connectivity index (χ4v) is 4.38.